The monoisotopic (exact) mass is 378 g/mol. The molecule has 0 radical (unpaired) electrons. The van der Waals surface area contributed by atoms with Crippen molar-refractivity contribution in [3.05, 3.63) is 47.2 Å². The number of benzene rings is 1. The van der Waals surface area contributed by atoms with Gasteiger partial charge in [0.05, 0.1) is 12.2 Å². The highest BCUT2D eigenvalue weighted by molar-refractivity contribution is 5.94. The number of hydrogen-bond donors (Lipinski definition) is 1. The fourth-order valence-corrected chi connectivity index (χ4v) is 4.00. The van der Waals surface area contributed by atoms with Gasteiger partial charge in [-0.3, -0.25) is 9.59 Å². The van der Waals surface area contributed by atoms with Crippen LogP contribution in [-0.4, -0.2) is 43.5 Å². The van der Waals surface area contributed by atoms with Crippen LogP contribution in [-0.2, 0) is 9.53 Å². The van der Waals surface area contributed by atoms with Crippen molar-refractivity contribution in [2.24, 2.45) is 5.41 Å². The summed E-state index contributed by atoms with van der Waals surface area (Å²) in [5.74, 6) is -2.01. The summed E-state index contributed by atoms with van der Waals surface area (Å²) in [4.78, 5) is 26.6. The summed E-state index contributed by atoms with van der Waals surface area (Å²) in [5.41, 5.74) is 0.247. The lowest BCUT2D eigenvalue weighted by molar-refractivity contribution is -0.134. The molecule has 1 aliphatic carbocycles. The molecule has 0 saturated carbocycles. The third-order valence-electron chi connectivity index (χ3n) is 5.43. The van der Waals surface area contributed by atoms with Crippen molar-refractivity contribution in [2.45, 2.75) is 32.1 Å². The summed E-state index contributed by atoms with van der Waals surface area (Å²) in [6.45, 7) is 1.18. The minimum Gasteiger partial charge on any atom is -0.383 e. The van der Waals surface area contributed by atoms with Gasteiger partial charge in [-0.15, -0.1) is 0 Å². The summed E-state index contributed by atoms with van der Waals surface area (Å²) in [5, 5.41) is 2.76. The van der Waals surface area contributed by atoms with Crippen molar-refractivity contribution < 1.29 is 23.1 Å². The zero-order chi connectivity index (χ0) is 19.4. The van der Waals surface area contributed by atoms with Crippen LogP contribution in [0.2, 0.25) is 0 Å². The molecule has 1 N–H and O–H groups in total. The second kappa shape index (κ2) is 8.17. The Morgan fingerprint density at radius 1 is 1.33 bits per heavy atom. The van der Waals surface area contributed by atoms with Gasteiger partial charge < -0.3 is 15.0 Å². The van der Waals surface area contributed by atoms with E-state index in [-0.39, 0.29) is 23.4 Å². The van der Waals surface area contributed by atoms with Gasteiger partial charge in [0.2, 0.25) is 5.91 Å². The van der Waals surface area contributed by atoms with E-state index in [1.165, 1.54) is 0 Å². The number of nitrogens with one attached hydrogen (secondary N) is 1. The first kappa shape index (κ1) is 19.5. The highest BCUT2D eigenvalue weighted by Gasteiger charge is 2.44. The number of likely N-dealkylation sites (tertiary alicyclic amines) is 1. The largest absolute Gasteiger partial charge is 0.383 e. The lowest BCUT2D eigenvalue weighted by Gasteiger charge is -2.47. The van der Waals surface area contributed by atoms with Crippen molar-refractivity contribution in [2.75, 3.05) is 26.8 Å². The number of ether oxygens (including phenoxy) is 1. The third kappa shape index (κ3) is 4.03. The van der Waals surface area contributed by atoms with Crippen LogP contribution in [0, 0.1) is 17.0 Å². The number of fused-ring (bicyclic) bond motifs is 1. The topological polar surface area (TPSA) is 58.6 Å². The van der Waals surface area contributed by atoms with Crippen LogP contribution >= 0.6 is 0 Å². The minimum atomic E-state index is -0.758. The second-order valence-electron chi connectivity index (χ2n) is 7.11. The minimum absolute atomic E-state index is 0.0540. The van der Waals surface area contributed by atoms with Gasteiger partial charge in [-0.1, -0.05) is 6.08 Å². The second-order valence-corrected chi connectivity index (χ2v) is 7.11. The molecule has 2 amide bonds. The molecule has 1 atom stereocenters. The van der Waals surface area contributed by atoms with Crippen LogP contribution in [0.4, 0.5) is 8.78 Å². The fourth-order valence-electron chi connectivity index (χ4n) is 4.00. The van der Waals surface area contributed by atoms with Crippen LogP contribution in [0.15, 0.2) is 30.0 Å². The van der Waals surface area contributed by atoms with E-state index in [9.17, 15) is 18.4 Å². The molecule has 0 aromatic heterocycles. The molecule has 146 valence electrons. The smallest absolute Gasteiger partial charge is 0.254 e. The zero-order valence-electron chi connectivity index (χ0n) is 15.4. The maximum absolute atomic E-state index is 13.9. The Kier molecular flexibility index (Phi) is 5.89. The average Bonchev–Trinajstić information content (AvgIpc) is 2.67. The highest BCUT2D eigenvalue weighted by atomic mass is 19.1. The molecule has 1 unspecified atom stereocenters. The number of rotatable bonds is 6. The Morgan fingerprint density at radius 2 is 2.15 bits per heavy atom. The van der Waals surface area contributed by atoms with Crippen molar-refractivity contribution >= 4 is 11.8 Å². The summed E-state index contributed by atoms with van der Waals surface area (Å²) >= 11 is 0. The highest BCUT2D eigenvalue weighted by Crippen LogP contribution is 2.46. The number of amides is 2. The summed E-state index contributed by atoms with van der Waals surface area (Å²) in [6, 6.07) is 2.82. The zero-order valence-corrected chi connectivity index (χ0v) is 15.4. The summed E-state index contributed by atoms with van der Waals surface area (Å²) in [6.07, 6.45) is 5.76. The van der Waals surface area contributed by atoms with Gasteiger partial charge in [-0.2, -0.15) is 0 Å². The van der Waals surface area contributed by atoms with Gasteiger partial charge in [0.25, 0.3) is 5.91 Å². The Hall–Kier alpha value is -2.28. The third-order valence-corrected chi connectivity index (χ3v) is 5.43. The molecule has 0 spiro atoms. The fraction of sp³-hybridized carbons (Fsp3) is 0.500. The Balaban J connectivity index is 1.78. The Morgan fingerprint density at radius 3 is 2.93 bits per heavy atom. The molecular weight excluding hydrogens is 354 g/mol. The molecule has 5 nitrogen and oxygen atoms in total. The van der Waals surface area contributed by atoms with E-state index < -0.39 is 17.5 Å². The van der Waals surface area contributed by atoms with Crippen LogP contribution < -0.4 is 5.32 Å². The normalized spacial score (nSPS) is 22.3. The molecular formula is C20H24F2N2O3. The maximum atomic E-state index is 13.9. The number of carbonyl (C=O) groups excluding carboxylic acids is 2. The van der Waals surface area contributed by atoms with Crippen LogP contribution in [0.3, 0.4) is 0 Å². The predicted molar refractivity (Wildman–Crippen MR) is 95.9 cm³/mol. The number of carbonyl (C=O) groups is 2. The number of allylic oxidation sites excluding steroid dienone is 1. The van der Waals surface area contributed by atoms with Crippen molar-refractivity contribution in [1.82, 2.24) is 10.2 Å². The maximum Gasteiger partial charge on any atom is 0.254 e. The van der Waals surface area contributed by atoms with E-state index in [1.54, 1.807) is 12.0 Å². The van der Waals surface area contributed by atoms with Crippen molar-refractivity contribution in [3.63, 3.8) is 0 Å². The van der Waals surface area contributed by atoms with Crippen LogP contribution in [0.1, 0.15) is 42.5 Å². The SMILES string of the molecule is COCCN1C(=O)CCC2(CNC(=O)c3cc(F)ccc3F)CCCC=C12. The molecule has 1 heterocycles. The number of piperidine rings is 1. The molecule has 7 heteroatoms. The molecule has 0 bridgehead atoms. The molecule has 3 rings (SSSR count). The lowest BCUT2D eigenvalue weighted by atomic mass is 9.69. The van der Waals surface area contributed by atoms with E-state index in [0.29, 0.717) is 26.0 Å². The van der Waals surface area contributed by atoms with E-state index in [1.807, 2.05) is 0 Å². The summed E-state index contributed by atoms with van der Waals surface area (Å²) < 4.78 is 32.4. The van der Waals surface area contributed by atoms with Crippen LogP contribution in [0.25, 0.3) is 0 Å². The molecule has 27 heavy (non-hydrogen) atoms. The van der Waals surface area contributed by atoms with Gasteiger partial charge in [-0.05, 0) is 43.9 Å². The first-order valence-electron chi connectivity index (χ1n) is 9.20. The predicted octanol–water partition coefficient (Wildman–Crippen LogP) is 3.02. The van der Waals surface area contributed by atoms with Gasteiger partial charge in [0.1, 0.15) is 11.6 Å². The van der Waals surface area contributed by atoms with Gasteiger partial charge in [-0.25, -0.2) is 8.78 Å². The number of nitrogens with zero attached hydrogens (tertiary/aromatic N) is 1. The molecule has 1 aromatic carbocycles. The van der Waals surface area contributed by atoms with E-state index in [2.05, 4.69) is 11.4 Å². The molecule has 1 saturated heterocycles. The van der Waals surface area contributed by atoms with Gasteiger partial charge in [0.15, 0.2) is 0 Å². The van der Waals surface area contributed by atoms with E-state index in [0.717, 1.165) is 43.2 Å². The standard InChI is InChI=1S/C20H24F2N2O3/c1-27-11-10-24-17-4-2-3-8-20(17,9-7-18(24)25)13-23-19(26)15-12-14(21)5-6-16(15)22/h4-6,12H,2-3,7-11,13H2,1H3,(H,23,26). The average molecular weight is 378 g/mol. The quantitative estimate of drug-likeness (QED) is 0.828. The lowest BCUT2D eigenvalue weighted by Crippen LogP contribution is -2.51. The molecule has 1 fully saturated rings. The van der Waals surface area contributed by atoms with Gasteiger partial charge >= 0.3 is 0 Å². The molecule has 1 aromatic rings. The number of halogens is 2. The summed E-state index contributed by atoms with van der Waals surface area (Å²) in [7, 11) is 1.59. The van der Waals surface area contributed by atoms with E-state index in [4.69, 9.17) is 4.74 Å². The molecule has 1 aliphatic heterocycles. The Bertz CT molecular complexity index is 766. The first-order chi connectivity index (χ1) is 13.0. The Labute approximate surface area is 157 Å². The number of methoxy groups -OCH3 is 1. The molecule has 2 aliphatic rings. The van der Waals surface area contributed by atoms with Crippen molar-refractivity contribution in [3.8, 4) is 0 Å². The van der Waals surface area contributed by atoms with Gasteiger partial charge in [0, 0.05) is 37.7 Å². The van der Waals surface area contributed by atoms with E-state index >= 15 is 0 Å². The van der Waals surface area contributed by atoms with Crippen molar-refractivity contribution in [1.29, 1.82) is 0 Å². The van der Waals surface area contributed by atoms with Crippen LogP contribution in [0.5, 0.6) is 0 Å². The first-order valence-corrected chi connectivity index (χ1v) is 9.20. The number of hydrogen-bond acceptors (Lipinski definition) is 3.